The lowest BCUT2D eigenvalue weighted by molar-refractivity contribution is 0.504. The monoisotopic (exact) mass is 362 g/mol. The zero-order valence-corrected chi connectivity index (χ0v) is 14.4. The van der Waals surface area contributed by atoms with Crippen LogP contribution >= 0.6 is 0 Å². The highest BCUT2D eigenvalue weighted by Gasteiger charge is 2.22. The van der Waals surface area contributed by atoms with E-state index in [-0.39, 0.29) is 4.90 Å². The van der Waals surface area contributed by atoms with E-state index >= 15 is 0 Å². The first-order valence-electron chi connectivity index (χ1n) is 7.60. The highest BCUT2D eigenvalue weighted by Crippen LogP contribution is 2.24. The number of rotatable bonds is 4. The van der Waals surface area contributed by atoms with Gasteiger partial charge in [-0.05, 0) is 49.2 Å². The molecule has 0 bridgehead atoms. The number of fused-ring (bicyclic) bond motifs is 1. The Kier molecular flexibility index (Phi) is 4.53. The Labute approximate surface area is 144 Å². The highest BCUT2D eigenvalue weighted by atomic mass is 32.2. The van der Waals surface area contributed by atoms with Crippen molar-refractivity contribution in [2.24, 2.45) is 0 Å². The molecule has 4 nitrogen and oxygen atoms in total. The first-order valence-corrected chi connectivity index (χ1v) is 9.09. The number of benzene rings is 2. The molecule has 0 aliphatic rings. The summed E-state index contributed by atoms with van der Waals surface area (Å²) in [6.45, 7) is 3.43. The lowest BCUT2D eigenvalue weighted by atomic mass is 10.1. The third kappa shape index (κ3) is 3.52. The lowest BCUT2D eigenvalue weighted by Crippen LogP contribution is -2.27. The van der Waals surface area contributed by atoms with Gasteiger partial charge in [0.1, 0.15) is 4.90 Å². The van der Waals surface area contributed by atoms with Crippen molar-refractivity contribution in [2.45, 2.75) is 24.8 Å². The minimum Gasteiger partial charge on any atom is -0.255 e. The second kappa shape index (κ2) is 6.50. The molecule has 0 aliphatic carbocycles. The number of aromatic nitrogens is 1. The van der Waals surface area contributed by atoms with Gasteiger partial charge in [-0.15, -0.1) is 0 Å². The van der Waals surface area contributed by atoms with Crippen LogP contribution in [0.5, 0.6) is 0 Å². The molecule has 130 valence electrons. The number of nitrogens with one attached hydrogen (secondary N) is 1. The van der Waals surface area contributed by atoms with Crippen LogP contribution in [0.25, 0.3) is 10.9 Å². The van der Waals surface area contributed by atoms with Gasteiger partial charge in [0.25, 0.3) is 0 Å². The maximum absolute atomic E-state index is 13.4. The fraction of sp³-hybridized carbons (Fsp3) is 0.167. The van der Waals surface area contributed by atoms with E-state index in [1.807, 2.05) is 13.0 Å². The Balaban J connectivity index is 1.98. The zero-order chi connectivity index (χ0) is 18.2. The Morgan fingerprint density at radius 1 is 1.08 bits per heavy atom. The van der Waals surface area contributed by atoms with Gasteiger partial charge in [0.15, 0.2) is 11.6 Å². The van der Waals surface area contributed by atoms with Crippen LogP contribution in [0.3, 0.4) is 0 Å². The molecule has 7 heteroatoms. The van der Waals surface area contributed by atoms with E-state index in [2.05, 4.69) is 9.71 Å². The van der Waals surface area contributed by atoms with Crippen molar-refractivity contribution in [1.29, 1.82) is 0 Å². The average molecular weight is 362 g/mol. The molecule has 3 rings (SSSR count). The van der Waals surface area contributed by atoms with Gasteiger partial charge >= 0.3 is 0 Å². The van der Waals surface area contributed by atoms with Crippen LogP contribution < -0.4 is 4.72 Å². The normalized spacial score (nSPS) is 13.1. The number of hydrogen-bond acceptors (Lipinski definition) is 3. The van der Waals surface area contributed by atoms with Crippen LogP contribution in [0, 0.1) is 18.6 Å². The second-order valence-corrected chi connectivity index (χ2v) is 7.54. The molecule has 3 aromatic rings. The fourth-order valence-electron chi connectivity index (χ4n) is 2.61. The van der Waals surface area contributed by atoms with E-state index in [4.69, 9.17) is 0 Å². The molecule has 0 aliphatic heterocycles. The molecular weight excluding hydrogens is 346 g/mol. The average Bonchev–Trinajstić information content (AvgIpc) is 2.56. The summed E-state index contributed by atoms with van der Waals surface area (Å²) in [5.41, 5.74) is 1.61. The van der Waals surface area contributed by atoms with Crippen molar-refractivity contribution in [3.63, 3.8) is 0 Å². The number of nitrogens with zero attached hydrogens (tertiary/aromatic N) is 1. The Hall–Kier alpha value is -2.38. The van der Waals surface area contributed by atoms with E-state index < -0.39 is 27.7 Å². The Morgan fingerprint density at radius 2 is 1.84 bits per heavy atom. The van der Waals surface area contributed by atoms with E-state index in [0.29, 0.717) is 16.5 Å². The molecule has 1 atom stereocenters. The lowest BCUT2D eigenvalue weighted by Gasteiger charge is -2.16. The van der Waals surface area contributed by atoms with E-state index in [9.17, 15) is 17.2 Å². The minimum absolute atomic E-state index is 0.0411. The zero-order valence-electron chi connectivity index (χ0n) is 13.6. The molecule has 1 N–H and O–H groups in total. The smallest absolute Gasteiger partial charge is 0.243 e. The SMILES string of the molecule is Cc1cnc2c(S(=O)(=O)NC(C)c3ccc(F)c(F)c3)cccc2c1. The van der Waals surface area contributed by atoms with Crippen molar-refractivity contribution in [1.82, 2.24) is 9.71 Å². The van der Waals surface area contributed by atoms with Gasteiger partial charge in [-0.3, -0.25) is 4.98 Å². The van der Waals surface area contributed by atoms with E-state index in [0.717, 1.165) is 17.7 Å². The van der Waals surface area contributed by atoms with Gasteiger partial charge < -0.3 is 0 Å². The number of halogens is 2. The highest BCUT2D eigenvalue weighted by molar-refractivity contribution is 7.89. The molecular formula is C18H16F2N2O2S. The summed E-state index contributed by atoms with van der Waals surface area (Å²) in [5.74, 6) is -2.00. The molecule has 25 heavy (non-hydrogen) atoms. The summed E-state index contributed by atoms with van der Waals surface area (Å²) in [7, 11) is -3.90. The van der Waals surface area contributed by atoms with Crippen molar-refractivity contribution in [2.75, 3.05) is 0 Å². The van der Waals surface area contributed by atoms with Crippen LogP contribution in [-0.2, 0) is 10.0 Å². The molecule has 0 radical (unpaired) electrons. The summed E-state index contributed by atoms with van der Waals surface area (Å²) in [5, 5.41) is 0.711. The molecule has 0 saturated carbocycles. The number of pyridine rings is 1. The van der Waals surface area contributed by atoms with Crippen LogP contribution in [0.4, 0.5) is 8.78 Å². The third-order valence-corrected chi connectivity index (χ3v) is 5.45. The van der Waals surface area contributed by atoms with Gasteiger partial charge in [-0.25, -0.2) is 21.9 Å². The number of hydrogen-bond donors (Lipinski definition) is 1. The minimum atomic E-state index is -3.90. The molecule has 0 spiro atoms. The molecule has 1 aromatic heterocycles. The maximum Gasteiger partial charge on any atom is 0.243 e. The first-order chi connectivity index (χ1) is 11.8. The molecule has 1 heterocycles. The number of para-hydroxylation sites is 1. The Morgan fingerprint density at radius 3 is 2.56 bits per heavy atom. The van der Waals surface area contributed by atoms with E-state index in [1.54, 1.807) is 25.3 Å². The molecule has 0 amide bonds. The van der Waals surface area contributed by atoms with Gasteiger partial charge in [0.2, 0.25) is 10.0 Å². The van der Waals surface area contributed by atoms with Crippen LogP contribution in [0.1, 0.15) is 24.1 Å². The fourth-order valence-corrected chi connectivity index (χ4v) is 4.02. The topological polar surface area (TPSA) is 59.1 Å². The second-order valence-electron chi connectivity index (χ2n) is 5.86. The Bertz CT molecular complexity index is 1050. The number of sulfonamides is 1. The summed E-state index contributed by atoms with van der Waals surface area (Å²) in [6, 6.07) is 9.29. The predicted octanol–water partition coefficient (Wildman–Crippen LogP) is 3.86. The summed E-state index contributed by atoms with van der Waals surface area (Å²) in [4.78, 5) is 4.27. The molecule has 1 unspecified atom stereocenters. The summed E-state index contributed by atoms with van der Waals surface area (Å²) in [6.07, 6.45) is 1.60. The van der Waals surface area contributed by atoms with E-state index in [1.165, 1.54) is 12.1 Å². The predicted molar refractivity (Wildman–Crippen MR) is 91.6 cm³/mol. The largest absolute Gasteiger partial charge is 0.255 e. The summed E-state index contributed by atoms with van der Waals surface area (Å²) >= 11 is 0. The van der Waals surface area contributed by atoms with Crippen molar-refractivity contribution in [3.05, 3.63) is 71.4 Å². The summed E-state index contributed by atoms with van der Waals surface area (Å²) < 4.78 is 54.4. The molecule has 0 saturated heterocycles. The van der Waals surface area contributed by atoms with Crippen molar-refractivity contribution in [3.8, 4) is 0 Å². The van der Waals surface area contributed by atoms with Crippen LogP contribution in [0.15, 0.2) is 53.6 Å². The van der Waals surface area contributed by atoms with Crippen molar-refractivity contribution < 1.29 is 17.2 Å². The first kappa shape index (κ1) is 17.4. The van der Waals surface area contributed by atoms with Gasteiger partial charge in [-0.1, -0.05) is 18.2 Å². The molecule has 2 aromatic carbocycles. The van der Waals surface area contributed by atoms with Crippen LogP contribution in [-0.4, -0.2) is 13.4 Å². The van der Waals surface area contributed by atoms with Crippen molar-refractivity contribution >= 4 is 20.9 Å². The van der Waals surface area contributed by atoms with Gasteiger partial charge in [0.05, 0.1) is 5.52 Å². The quantitative estimate of drug-likeness (QED) is 0.767. The standard InChI is InChI=1S/C18H16F2N2O2S/c1-11-8-14-4-3-5-17(18(14)21-10-11)25(23,24)22-12(2)13-6-7-15(19)16(20)9-13/h3-10,12,22H,1-2H3. The van der Waals surface area contributed by atoms with Gasteiger partial charge in [-0.2, -0.15) is 0 Å². The van der Waals surface area contributed by atoms with Gasteiger partial charge in [0, 0.05) is 17.6 Å². The maximum atomic E-state index is 13.4. The van der Waals surface area contributed by atoms with Crippen LogP contribution in [0.2, 0.25) is 0 Å². The molecule has 0 fully saturated rings. The number of aryl methyl sites for hydroxylation is 1. The third-order valence-electron chi connectivity index (χ3n) is 3.88.